The highest BCUT2D eigenvalue weighted by Gasteiger charge is 2.01. The van der Waals surface area contributed by atoms with Gasteiger partial charge in [-0.3, -0.25) is 4.79 Å². The lowest BCUT2D eigenvalue weighted by molar-refractivity contribution is -0.137. The van der Waals surface area contributed by atoms with Gasteiger partial charge in [-0.05, 0) is 25.7 Å². The largest absolute Gasteiger partial charge is 0.481 e. The summed E-state index contributed by atoms with van der Waals surface area (Å²) >= 11 is 0. The highest BCUT2D eigenvalue weighted by atomic mass is 16.4. The molecule has 5 heteroatoms. The molecule has 0 saturated carbocycles. The molecule has 0 rings (SSSR count). The predicted octanol–water partition coefficient (Wildman–Crippen LogP) is 2.91. The normalized spacial score (nSPS) is 16.6. The summed E-state index contributed by atoms with van der Waals surface area (Å²) in [7, 11) is 0. The maximum absolute atomic E-state index is 10.3. The molecule has 0 unspecified atom stereocenters. The van der Waals surface area contributed by atoms with Gasteiger partial charge in [0.15, 0.2) is 0 Å². The van der Waals surface area contributed by atoms with Gasteiger partial charge in [0.1, 0.15) is 0 Å². The lowest BCUT2D eigenvalue weighted by Gasteiger charge is -2.02. The zero-order chi connectivity index (χ0) is 18.9. The zero-order valence-corrected chi connectivity index (χ0v) is 14.7. The van der Waals surface area contributed by atoms with Crippen LogP contribution < -0.4 is 0 Å². The summed E-state index contributed by atoms with van der Waals surface area (Å²) in [5, 5.41) is 37.2. The van der Waals surface area contributed by atoms with Crippen molar-refractivity contribution in [3.05, 3.63) is 60.8 Å². The minimum atomic E-state index is -0.857. The van der Waals surface area contributed by atoms with Gasteiger partial charge in [-0.1, -0.05) is 67.7 Å². The van der Waals surface area contributed by atoms with Gasteiger partial charge >= 0.3 is 5.97 Å². The van der Waals surface area contributed by atoms with Gasteiger partial charge in [0, 0.05) is 6.42 Å². The van der Waals surface area contributed by atoms with Crippen LogP contribution in [-0.2, 0) is 4.79 Å². The molecule has 3 atom stereocenters. The van der Waals surface area contributed by atoms with Crippen molar-refractivity contribution in [1.29, 1.82) is 0 Å². The molecule has 0 bridgehead atoms. The molecular weight excluding hydrogens is 320 g/mol. The lowest BCUT2D eigenvalue weighted by Crippen LogP contribution is -2.03. The summed E-state index contributed by atoms with van der Waals surface area (Å²) in [6.45, 7) is 1.90. The Kier molecular flexibility index (Phi) is 14.4. The van der Waals surface area contributed by atoms with Crippen molar-refractivity contribution < 1.29 is 25.2 Å². The zero-order valence-electron chi connectivity index (χ0n) is 14.7. The van der Waals surface area contributed by atoms with Crippen molar-refractivity contribution in [3.63, 3.8) is 0 Å². The molecule has 25 heavy (non-hydrogen) atoms. The van der Waals surface area contributed by atoms with E-state index >= 15 is 0 Å². The van der Waals surface area contributed by atoms with Crippen molar-refractivity contribution in [1.82, 2.24) is 0 Å². The highest BCUT2D eigenvalue weighted by molar-refractivity contribution is 5.66. The van der Waals surface area contributed by atoms with Crippen LogP contribution in [0, 0.1) is 0 Å². The third-order valence-electron chi connectivity index (χ3n) is 3.27. The molecule has 0 saturated heterocycles. The number of hydrogen-bond acceptors (Lipinski definition) is 4. The minimum absolute atomic E-state index is 0.0603. The Balaban J connectivity index is 3.95. The van der Waals surface area contributed by atoms with Gasteiger partial charge in [0.2, 0.25) is 0 Å². The van der Waals surface area contributed by atoms with Crippen LogP contribution in [-0.4, -0.2) is 44.7 Å². The molecule has 0 radical (unpaired) electrons. The second-order valence-electron chi connectivity index (χ2n) is 5.60. The van der Waals surface area contributed by atoms with Crippen molar-refractivity contribution in [2.45, 2.75) is 57.3 Å². The first-order valence-electron chi connectivity index (χ1n) is 8.56. The van der Waals surface area contributed by atoms with Gasteiger partial charge < -0.3 is 20.4 Å². The third-order valence-corrected chi connectivity index (χ3v) is 3.27. The monoisotopic (exact) mass is 350 g/mol. The fourth-order valence-electron chi connectivity index (χ4n) is 1.78. The Morgan fingerprint density at radius 2 is 1.40 bits per heavy atom. The van der Waals surface area contributed by atoms with Gasteiger partial charge in [-0.15, -0.1) is 0 Å². The molecule has 0 aliphatic carbocycles. The van der Waals surface area contributed by atoms with E-state index in [1.807, 2.05) is 13.0 Å². The van der Waals surface area contributed by atoms with Crippen molar-refractivity contribution in [2.75, 3.05) is 0 Å². The van der Waals surface area contributed by atoms with Crippen LogP contribution in [0.1, 0.15) is 39.0 Å². The number of rotatable bonds is 13. The van der Waals surface area contributed by atoms with Crippen LogP contribution >= 0.6 is 0 Å². The van der Waals surface area contributed by atoms with Crippen LogP contribution in [0.2, 0.25) is 0 Å². The molecule has 140 valence electrons. The topological polar surface area (TPSA) is 98.0 Å². The molecule has 4 N–H and O–H groups in total. The van der Waals surface area contributed by atoms with Gasteiger partial charge in [-0.25, -0.2) is 0 Å². The first kappa shape index (κ1) is 23.1. The Morgan fingerprint density at radius 3 is 2.00 bits per heavy atom. The molecular formula is C20H30O5. The molecule has 0 aromatic heterocycles. The SMILES string of the molecule is CC[C@@H](O)/C=C/C=C/C[C@@H](O)/C=C/C=C/C=C\[C@@H](O)CCCC(=O)O. The van der Waals surface area contributed by atoms with E-state index in [9.17, 15) is 20.1 Å². The number of hydrogen-bond donors (Lipinski definition) is 4. The van der Waals surface area contributed by atoms with E-state index in [1.54, 1.807) is 54.7 Å². The number of carboxylic acids is 1. The fourth-order valence-corrected chi connectivity index (χ4v) is 1.78. The second-order valence-corrected chi connectivity index (χ2v) is 5.60. The van der Waals surface area contributed by atoms with E-state index in [2.05, 4.69) is 0 Å². The molecule has 5 nitrogen and oxygen atoms in total. The molecule has 0 aliphatic heterocycles. The van der Waals surface area contributed by atoms with Crippen LogP contribution in [0.5, 0.6) is 0 Å². The van der Waals surface area contributed by atoms with Crippen molar-refractivity contribution in [2.24, 2.45) is 0 Å². The van der Waals surface area contributed by atoms with Gasteiger partial charge in [-0.2, -0.15) is 0 Å². The maximum Gasteiger partial charge on any atom is 0.303 e. The molecule has 0 aliphatic rings. The van der Waals surface area contributed by atoms with Crippen LogP contribution in [0.15, 0.2) is 60.8 Å². The smallest absolute Gasteiger partial charge is 0.303 e. The summed E-state index contributed by atoms with van der Waals surface area (Å²) < 4.78 is 0. The van der Waals surface area contributed by atoms with E-state index in [1.165, 1.54) is 0 Å². The first-order valence-corrected chi connectivity index (χ1v) is 8.56. The Hall–Kier alpha value is -1.95. The average molecular weight is 350 g/mol. The van der Waals surface area contributed by atoms with Crippen LogP contribution in [0.25, 0.3) is 0 Å². The second kappa shape index (κ2) is 15.6. The minimum Gasteiger partial charge on any atom is -0.481 e. The van der Waals surface area contributed by atoms with E-state index in [0.717, 1.165) is 0 Å². The predicted molar refractivity (Wildman–Crippen MR) is 100 cm³/mol. The van der Waals surface area contributed by atoms with E-state index in [0.29, 0.717) is 25.7 Å². The quantitative estimate of drug-likeness (QED) is 0.383. The Morgan fingerprint density at radius 1 is 0.840 bits per heavy atom. The first-order chi connectivity index (χ1) is 12.0. The Labute approximate surface area is 150 Å². The number of carboxylic acid groups (broad SMARTS) is 1. The summed E-state index contributed by atoms with van der Waals surface area (Å²) in [5.41, 5.74) is 0. The third kappa shape index (κ3) is 16.7. The van der Waals surface area contributed by atoms with E-state index < -0.39 is 24.3 Å². The molecule has 0 amide bonds. The fraction of sp³-hybridized carbons (Fsp3) is 0.450. The molecule has 0 aromatic carbocycles. The summed E-state index contributed by atoms with van der Waals surface area (Å²) in [6, 6.07) is 0. The number of aliphatic hydroxyl groups is 3. The van der Waals surface area contributed by atoms with E-state index in [4.69, 9.17) is 5.11 Å². The number of aliphatic carboxylic acids is 1. The highest BCUT2D eigenvalue weighted by Crippen LogP contribution is 2.02. The molecule has 0 heterocycles. The van der Waals surface area contributed by atoms with Crippen molar-refractivity contribution >= 4 is 5.97 Å². The van der Waals surface area contributed by atoms with E-state index in [-0.39, 0.29) is 6.42 Å². The van der Waals surface area contributed by atoms with Crippen LogP contribution in [0.4, 0.5) is 0 Å². The number of allylic oxidation sites excluding steroid dienone is 6. The standard InChI is InChI=1S/C20H30O5/c1-2-17(21)11-8-5-9-14-18(22)12-6-3-4-7-13-19(23)15-10-16-20(24)25/h3-9,11-13,17-19,21-23H,2,10,14-16H2,1H3,(H,24,25)/b4-3+,9-5+,11-8+,12-6+,13-7-/t17-,18+,19-/m1/s1. The number of aliphatic hydroxyl groups excluding tert-OH is 3. The lowest BCUT2D eigenvalue weighted by atomic mass is 10.1. The van der Waals surface area contributed by atoms with Gasteiger partial charge in [0.05, 0.1) is 18.3 Å². The van der Waals surface area contributed by atoms with Crippen molar-refractivity contribution in [3.8, 4) is 0 Å². The molecule has 0 spiro atoms. The summed E-state index contributed by atoms with van der Waals surface area (Å²) in [4.78, 5) is 10.3. The van der Waals surface area contributed by atoms with Crippen LogP contribution in [0.3, 0.4) is 0 Å². The molecule has 0 fully saturated rings. The molecule has 0 aromatic rings. The summed E-state index contributed by atoms with van der Waals surface area (Å²) in [5.74, 6) is -0.857. The Bertz CT molecular complexity index is 488. The average Bonchev–Trinajstić information content (AvgIpc) is 2.57. The summed E-state index contributed by atoms with van der Waals surface area (Å²) in [6.07, 6.45) is 17.6. The number of carbonyl (C=O) groups is 1. The maximum atomic E-state index is 10.3. The van der Waals surface area contributed by atoms with Gasteiger partial charge in [0.25, 0.3) is 0 Å².